The van der Waals surface area contributed by atoms with Gasteiger partial charge in [-0.2, -0.15) is 0 Å². The summed E-state index contributed by atoms with van der Waals surface area (Å²) in [6, 6.07) is 1.66. The first-order chi connectivity index (χ1) is 10.4. The number of amides is 3. The van der Waals surface area contributed by atoms with Crippen molar-refractivity contribution in [2.24, 2.45) is 0 Å². The number of nitrogens with one attached hydrogen (secondary N) is 1. The number of anilines is 1. The third kappa shape index (κ3) is 3.51. The number of hydrogen-bond acceptors (Lipinski definition) is 6. The van der Waals surface area contributed by atoms with Crippen molar-refractivity contribution in [3.63, 3.8) is 0 Å². The number of ether oxygens (including phenoxy) is 1. The molecule has 22 heavy (non-hydrogen) atoms. The van der Waals surface area contributed by atoms with Gasteiger partial charge in [0.1, 0.15) is 11.4 Å². The molecule has 1 N–H and O–H groups in total. The number of imide groups is 1. The fraction of sp³-hybridized carbons (Fsp3) is 0.429. The van der Waals surface area contributed by atoms with Crippen LogP contribution in [0.3, 0.4) is 0 Å². The highest BCUT2D eigenvalue weighted by Crippen LogP contribution is 2.27. The molecule has 1 saturated heterocycles. The van der Waals surface area contributed by atoms with Gasteiger partial charge in [0.25, 0.3) is 0 Å². The van der Waals surface area contributed by atoms with Crippen LogP contribution >= 0.6 is 11.3 Å². The fourth-order valence-electron chi connectivity index (χ4n) is 2.06. The van der Waals surface area contributed by atoms with Crippen LogP contribution in [0.1, 0.15) is 35.0 Å². The van der Waals surface area contributed by atoms with Crippen LogP contribution in [0.15, 0.2) is 6.07 Å². The zero-order valence-corrected chi connectivity index (χ0v) is 13.1. The lowest BCUT2D eigenvalue weighted by molar-refractivity contribution is -0.141. The number of hydrogen-bond donors (Lipinski definition) is 1. The normalized spacial score (nSPS) is 14.4. The van der Waals surface area contributed by atoms with E-state index in [0.717, 1.165) is 16.2 Å². The zero-order valence-electron chi connectivity index (χ0n) is 12.3. The summed E-state index contributed by atoms with van der Waals surface area (Å²) < 4.78 is 4.92. The Bertz CT molecular complexity index is 621. The van der Waals surface area contributed by atoms with Crippen LogP contribution < -0.4 is 5.32 Å². The van der Waals surface area contributed by atoms with E-state index in [0.29, 0.717) is 15.4 Å². The van der Waals surface area contributed by atoms with Gasteiger partial charge in [0.05, 0.1) is 11.6 Å². The predicted octanol–water partition coefficient (Wildman–Crippen LogP) is 1.32. The van der Waals surface area contributed by atoms with Gasteiger partial charge in [-0.15, -0.1) is 11.3 Å². The molecular weight excluding hydrogens is 308 g/mol. The molecule has 1 aliphatic heterocycles. The van der Waals surface area contributed by atoms with Crippen LogP contribution in [0, 0.1) is 6.92 Å². The molecule has 1 aromatic rings. The lowest BCUT2D eigenvalue weighted by Gasteiger charge is -2.12. The Kier molecular flexibility index (Phi) is 4.92. The molecule has 0 spiro atoms. The van der Waals surface area contributed by atoms with Gasteiger partial charge >= 0.3 is 5.97 Å². The Balaban J connectivity index is 2.00. The molecule has 118 valence electrons. The molecule has 0 atom stereocenters. The first-order valence-corrected chi connectivity index (χ1v) is 7.64. The molecule has 2 heterocycles. The van der Waals surface area contributed by atoms with Crippen molar-refractivity contribution in [1.82, 2.24) is 4.90 Å². The summed E-state index contributed by atoms with van der Waals surface area (Å²) in [7, 11) is 0. The number of nitrogens with zero attached hydrogens (tertiary/aromatic N) is 1. The number of esters is 1. The van der Waals surface area contributed by atoms with Gasteiger partial charge in [-0.3, -0.25) is 19.3 Å². The first kappa shape index (κ1) is 16.2. The second kappa shape index (κ2) is 6.69. The maximum absolute atomic E-state index is 11.9. The lowest BCUT2D eigenvalue weighted by Crippen LogP contribution is -2.36. The second-order valence-electron chi connectivity index (χ2n) is 4.77. The summed E-state index contributed by atoms with van der Waals surface area (Å²) in [5.41, 5.74) is 0.701. The summed E-state index contributed by atoms with van der Waals surface area (Å²) in [5, 5.41) is 3.07. The number of rotatable bonds is 5. The highest BCUT2D eigenvalue weighted by molar-refractivity contribution is 7.18. The SMILES string of the molecule is CCOC(=O)c1sc(NC(=O)CN2C(=O)CCC2=O)cc1C. The first-order valence-electron chi connectivity index (χ1n) is 6.83. The quantitative estimate of drug-likeness (QED) is 0.651. The van der Waals surface area contributed by atoms with Crippen LogP contribution in [-0.2, 0) is 19.1 Å². The minimum absolute atomic E-state index is 0.150. The number of aryl methyl sites for hydroxylation is 1. The van der Waals surface area contributed by atoms with E-state index in [1.54, 1.807) is 19.9 Å². The van der Waals surface area contributed by atoms with Gasteiger partial charge in [0, 0.05) is 12.8 Å². The number of likely N-dealkylation sites (tertiary alicyclic amines) is 1. The van der Waals surface area contributed by atoms with E-state index in [4.69, 9.17) is 4.74 Å². The predicted molar refractivity (Wildman–Crippen MR) is 79.6 cm³/mol. The van der Waals surface area contributed by atoms with Crippen molar-refractivity contribution in [2.75, 3.05) is 18.5 Å². The number of carbonyl (C=O) groups is 4. The molecule has 1 aliphatic rings. The molecule has 8 heteroatoms. The van der Waals surface area contributed by atoms with Crippen LogP contribution in [0.5, 0.6) is 0 Å². The van der Waals surface area contributed by atoms with Crippen molar-refractivity contribution in [3.8, 4) is 0 Å². The maximum atomic E-state index is 11.9. The zero-order chi connectivity index (χ0) is 16.3. The maximum Gasteiger partial charge on any atom is 0.348 e. The average molecular weight is 324 g/mol. The molecule has 0 bridgehead atoms. The van der Waals surface area contributed by atoms with E-state index in [9.17, 15) is 19.2 Å². The summed E-state index contributed by atoms with van der Waals surface area (Å²) >= 11 is 1.10. The third-order valence-electron chi connectivity index (χ3n) is 3.10. The van der Waals surface area contributed by atoms with Gasteiger partial charge in [-0.05, 0) is 25.5 Å². The fourth-order valence-corrected chi connectivity index (χ4v) is 3.05. The molecule has 2 rings (SSSR count). The number of carbonyl (C=O) groups excluding carboxylic acids is 4. The Morgan fingerprint density at radius 2 is 1.95 bits per heavy atom. The van der Waals surface area contributed by atoms with E-state index in [-0.39, 0.29) is 37.8 Å². The van der Waals surface area contributed by atoms with Gasteiger partial charge in [0.15, 0.2) is 0 Å². The highest BCUT2D eigenvalue weighted by Gasteiger charge is 2.30. The van der Waals surface area contributed by atoms with E-state index < -0.39 is 11.9 Å². The molecule has 0 aliphatic carbocycles. The van der Waals surface area contributed by atoms with E-state index in [1.165, 1.54) is 0 Å². The molecule has 0 unspecified atom stereocenters. The minimum atomic E-state index is -0.472. The van der Waals surface area contributed by atoms with E-state index in [2.05, 4.69) is 5.32 Å². The monoisotopic (exact) mass is 324 g/mol. The standard InChI is InChI=1S/C14H16N2O5S/c1-3-21-14(20)13-8(2)6-10(22-13)15-9(17)7-16-11(18)4-5-12(16)19/h6H,3-5,7H2,1-2H3,(H,15,17). The smallest absolute Gasteiger partial charge is 0.348 e. The summed E-state index contributed by atoms with van der Waals surface area (Å²) in [4.78, 5) is 47.9. The van der Waals surface area contributed by atoms with Crippen LogP contribution in [0.4, 0.5) is 5.00 Å². The topological polar surface area (TPSA) is 92.8 Å². The van der Waals surface area contributed by atoms with Gasteiger partial charge < -0.3 is 10.1 Å². The molecule has 0 saturated carbocycles. The van der Waals surface area contributed by atoms with Crippen molar-refractivity contribution in [2.45, 2.75) is 26.7 Å². The Hall–Kier alpha value is -2.22. The van der Waals surface area contributed by atoms with Gasteiger partial charge in [-0.25, -0.2) is 4.79 Å². The molecule has 3 amide bonds. The van der Waals surface area contributed by atoms with Crippen LogP contribution in [0.2, 0.25) is 0 Å². The van der Waals surface area contributed by atoms with Crippen molar-refractivity contribution in [3.05, 3.63) is 16.5 Å². The van der Waals surface area contributed by atoms with Crippen LogP contribution in [-0.4, -0.2) is 41.7 Å². The average Bonchev–Trinajstić information content (AvgIpc) is 2.96. The molecule has 0 aromatic carbocycles. The van der Waals surface area contributed by atoms with Crippen molar-refractivity contribution in [1.29, 1.82) is 0 Å². The summed E-state index contributed by atoms with van der Waals surface area (Å²) in [6.45, 7) is 3.43. The Labute approximate surface area is 131 Å². The lowest BCUT2D eigenvalue weighted by atomic mass is 10.3. The van der Waals surface area contributed by atoms with Crippen LogP contribution in [0.25, 0.3) is 0 Å². The Morgan fingerprint density at radius 1 is 1.32 bits per heavy atom. The highest BCUT2D eigenvalue weighted by atomic mass is 32.1. The minimum Gasteiger partial charge on any atom is -0.462 e. The van der Waals surface area contributed by atoms with E-state index in [1.807, 2.05) is 0 Å². The second-order valence-corrected chi connectivity index (χ2v) is 5.82. The molecule has 1 aromatic heterocycles. The van der Waals surface area contributed by atoms with Gasteiger partial charge in [0.2, 0.25) is 17.7 Å². The van der Waals surface area contributed by atoms with Crippen molar-refractivity contribution >= 4 is 40.0 Å². The summed E-state index contributed by atoms with van der Waals surface area (Å²) in [5.74, 6) is -1.58. The molecule has 1 fully saturated rings. The summed E-state index contributed by atoms with van der Waals surface area (Å²) in [6.07, 6.45) is 0.300. The largest absolute Gasteiger partial charge is 0.462 e. The number of thiophene rings is 1. The Morgan fingerprint density at radius 3 is 2.55 bits per heavy atom. The van der Waals surface area contributed by atoms with Crippen molar-refractivity contribution < 1.29 is 23.9 Å². The van der Waals surface area contributed by atoms with Gasteiger partial charge in [-0.1, -0.05) is 0 Å². The van der Waals surface area contributed by atoms with E-state index >= 15 is 0 Å². The third-order valence-corrected chi connectivity index (χ3v) is 4.23. The molecule has 7 nitrogen and oxygen atoms in total. The molecular formula is C14H16N2O5S. The molecule has 0 radical (unpaired) electrons.